The lowest BCUT2D eigenvalue weighted by Crippen LogP contribution is -1.97. The summed E-state index contributed by atoms with van der Waals surface area (Å²) in [6, 6.07) is 0. The first-order valence-corrected chi connectivity index (χ1v) is 5.13. The molecule has 2 heteroatoms. The molecule has 0 aliphatic rings. The fourth-order valence-electron chi connectivity index (χ4n) is 1.08. The minimum atomic E-state index is -0.914. The van der Waals surface area contributed by atoms with Crippen LogP contribution < -0.4 is 0 Å². The first-order chi connectivity index (χ1) is 6.93. The van der Waals surface area contributed by atoms with E-state index < -0.39 is 5.97 Å². The molecule has 0 atom stereocenters. The van der Waals surface area contributed by atoms with Crippen LogP contribution in [0.15, 0.2) is 35.5 Å². The maximum Gasteiger partial charge on any atom is 0.331 e. The summed E-state index contributed by atoms with van der Waals surface area (Å²) in [4.78, 5) is 10.5. The molecule has 0 bridgehead atoms. The van der Waals surface area contributed by atoms with Crippen LogP contribution in [0.3, 0.4) is 0 Å². The predicted octanol–water partition coefficient (Wildman–Crippen LogP) is 3.71. The van der Waals surface area contributed by atoms with E-state index in [1.54, 1.807) is 0 Å². The molecule has 1 N–H and O–H groups in total. The second kappa shape index (κ2) is 7.04. The fourth-order valence-corrected chi connectivity index (χ4v) is 1.08. The molecular weight excluding hydrogens is 188 g/mol. The third-order valence-electron chi connectivity index (χ3n) is 2.09. The Morgan fingerprint density at radius 3 is 2.33 bits per heavy atom. The van der Waals surface area contributed by atoms with Crippen molar-refractivity contribution >= 4 is 5.97 Å². The van der Waals surface area contributed by atoms with Gasteiger partial charge in [-0.1, -0.05) is 29.9 Å². The summed E-state index contributed by atoms with van der Waals surface area (Å²) >= 11 is 0. The van der Waals surface area contributed by atoms with Crippen LogP contribution >= 0.6 is 0 Å². The Morgan fingerprint density at radius 1 is 1.27 bits per heavy atom. The molecule has 84 valence electrons. The van der Waals surface area contributed by atoms with Gasteiger partial charge in [0.1, 0.15) is 0 Å². The number of carbonyl (C=O) groups is 1. The Balaban J connectivity index is 3.95. The molecule has 0 aromatic rings. The van der Waals surface area contributed by atoms with E-state index in [4.69, 9.17) is 5.11 Å². The number of aliphatic carboxylic acids is 1. The largest absolute Gasteiger partial charge is 0.478 e. The Labute approximate surface area is 92.0 Å². The lowest BCUT2D eigenvalue weighted by atomic mass is 10.1. The smallest absolute Gasteiger partial charge is 0.331 e. The third-order valence-corrected chi connectivity index (χ3v) is 2.09. The summed E-state index contributed by atoms with van der Waals surface area (Å²) in [6.07, 6.45) is 6.57. The molecule has 0 radical (unpaired) electrons. The van der Waals surface area contributed by atoms with Crippen LogP contribution in [0.25, 0.3) is 0 Å². The summed E-state index contributed by atoms with van der Waals surface area (Å²) < 4.78 is 0. The summed E-state index contributed by atoms with van der Waals surface area (Å²) in [5.41, 5.74) is 2.78. The van der Waals surface area contributed by atoms with Gasteiger partial charge < -0.3 is 5.11 Å². The van der Waals surface area contributed by atoms with Crippen LogP contribution in [-0.4, -0.2) is 11.1 Å². The highest BCUT2D eigenvalue weighted by Gasteiger charge is 2.00. The molecular formula is C13H20O2. The van der Waals surface area contributed by atoms with E-state index in [9.17, 15) is 4.79 Å². The van der Waals surface area contributed by atoms with Gasteiger partial charge in [-0.15, -0.1) is 0 Å². The van der Waals surface area contributed by atoms with Gasteiger partial charge in [0.2, 0.25) is 0 Å². The van der Waals surface area contributed by atoms with Crippen molar-refractivity contribution in [1.29, 1.82) is 0 Å². The van der Waals surface area contributed by atoms with E-state index in [-0.39, 0.29) is 5.57 Å². The Bertz CT molecular complexity index is 292. The zero-order valence-corrected chi connectivity index (χ0v) is 9.84. The number of hydrogen-bond donors (Lipinski definition) is 1. The van der Waals surface area contributed by atoms with Crippen molar-refractivity contribution in [1.82, 2.24) is 0 Å². The average Bonchev–Trinajstić information content (AvgIpc) is 2.13. The topological polar surface area (TPSA) is 37.3 Å². The zero-order valence-electron chi connectivity index (χ0n) is 9.84. The molecule has 0 spiro atoms. The molecule has 0 rings (SSSR count). The van der Waals surface area contributed by atoms with E-state index in [1.807, 2.05) is 13.0 Å². The number of hydrogen-bond acceptors (Lipinski definition) is 1. The van der Waals surface area contributed by atoms with Gasteiger partial charge in [-0.25, -0.2) is 4.79 Å². The molecule has 0 aromatic heterocycles. The van der Waals surface area contributed by atoms with Gasteiger partial charge in [-0.05, 0) is 40.0 Å². The molecule has 2 nitrogen and oxygen atoms in total. The summed E-state index contributed by atoms with van der Waals surface area (Å²) in [7, 11) is 0. The lowest BCUT2D eigenvalue weighted by Gasteiger charge is -1.99. The quantitative estimate of drug-likeness (QED) is 0.533. The molecule has 0 aromatic carbocycles. The highest BCUT2D eigenvalue weighted by molar-refractivity contribution is 5.86. The van der Waals surface area contributed by atoms with Crippen molar-refractivity contribution in [3.05, 3.63) is 35.5 Å². The molecule has 0 aliphatic carbocycles. The van der Waals surface area contributed by atoms with Crippen molar-refractivity contribution < 1.29 is 9.90 Å². The maximum absolute atomic E-state index is 10.5. The van der Waals surface area contributed by atoms with Gasteiger partial charge in [0.05, 0.1) is 0 Å². The van der Waals surface area contributed by atoms with Crippen molar-refractivity contribution in [3.8, 4) is 0 Å². The highest BCUT2D eigenvalue weighted by Crippen LogP contribution is 2.09. The minimum Gasteiger partial charge on any atom is -0.478 e. The third kappa shape index (κ3) is 7.74. The monoisotopic (exact) mass is 208 g/mol. The molecule has 0 aliphatic heterocycles. The van der Waals surface area contributed by atoms with Gasteiger partial charge >= 0.3 is 5.97 Å². The minimum absolute atomic E-state index is 0.247. The highest BCUT2D eigenvalue weighted by atomic mass is 16.4. The van der Waals surface area contributed by atoms with Crippen LogP contribution in [-0.2, 0) is 4.79 Å². The maximum atomic E-state index is 10.5. The van der Waals surface area contributed by atoms with Crippen LogP contribution in [0.1, 0.15) is 40.0 Å². The van der Waals surface area contributed by atoms with E-state index in [2.05, 4.69) is 26.5 Å². The average molecular weight is 208 g/mol. The SMILES string of the molecule is C=C(CC=C(C)CCC=C(C)C)C(=O)O. The number of allylic oxidation sites excluding steroid dienone is 4. The molecule has 15 heavy (non-hydrogen) atoms. The zero-order chi connectivity index (χ0) is 11.8. The molecule has 0 amide bonds. The summed E-state index contributed by atoms with van der Waals surface area (Å²) in [6.45, 7) is 9.65. The lowest BCUT2D eigenvalue weighted by molar-refractivity contribution is -0.132. The Kier molecular flexibility index (Phi) is 6.43. The molecule has 0 saturated carbocycles. The standard InChI is InChI=1S/C13H20O2/c1-10(2)6-5-7-11(3)8-9-12(4)13(14)15/h6,8H,4-5,7,9H2,1-3H3,(H,14,15). The van der Waals surface area contributed by atoms with E-state index >= 15 is 0 Å². The van der Waals surface area contributed by atoms with Gasteiger partial charge in [-0.2, -0.15) is 0 Å². The van der Waals surface area contributed by atoms with E-state index in [0.29, 0.717) is 6.42 Å². The molecule has 0 saturated heterocycles. The normalized spacial score (nSPS) is 11.0. The van der Waals surface area contributed by atoms with Crippen molar-refractivity contribution in [2.75, 3.05) is 0 Å². The Morgan fingerprint density at radius 2 is 1.87 bits per heavy atom. The second-order valence-electron chi connectivity index (χ2n) is 3.98. The second-order valence-corrected chi connectivity index (χ2v) is 3.98. The van der Waals surface area contributed by atoms with Crippen LogP contribution in [0, 0.1) is 0 Å². The van der Waals surface area contributed by atoms with Gasteiger partial charge in [0.15, 0.2) is 0 Å². The van der Waals surface area contributed by atoms with Crippen LogP contribution in [0.2, 0.25) is 0 Å². The van der Waals surface area contributed by atoms with Crippen LogP contribution in [0.4, 0.5) is 0 Å². The first-order valence-electron chi connectivity index (χ1n) is 5.13. The Hall–Kier alpha value is -1.31. The van der Waals surface area contributed by atoms with Gasteiger partial charge in [0.25, 0.3) is 0 Å². The van der Waals surface area contributed by atoms with Crippen LogP contribution in [0.5, 0.6) is 0 Å². The number of carboxylic acids is 1. The predicted molar refractivity (Wildman–Crippen MR) is 63.8 cm³/mol. The molecule has 0 unspecified atom stereocenters. The summed E-state index contributed by atoms with van der Waals surface area (Å²) in [5.74, 6) is -0.914. The van der Waals surface area contributed by atoms with Crippen molar-refractivity contribution in [2.45, 2.75) is 40.0 Å². The fraction of sp³-hybridized carbons (Fsp3) is 0.462. The van der Waals surface area contributed by atoms with E-state index in [1.165, 1.54) is 11.1 Å². The first kappa shape index (κ1) is 13.7. The number of rotatable bonds is 6. The van der Waals surface area contributed by atoms with E-state index in [0.717, 1.165) is 12.8 Å². The van der Waals surface area contributed by atoms with Crippen molar-refractivity contribution in [2.24, 2.45) is 0 Å². The van der Waals surface area contributed by atoms with Crippen molar-refractivity contribution in [3.63, 3.8) is 0 Å². The molecule has 0 fully saturated rings. The van der Waals surface area contributed by atoms with Gasteiger partial charge in [0, 0.05) is 5.57 Å². The molecule has 0 heterocycles. The summed E-state index contributed by atoms with van der Waals surface area (Å²) in [5, 5.41) is 8.61. The number of carboxylic acid groups (broad SMARTS) is 1. The van der Waals surface area contributed by atoms with Gasteiger partial charge in [-0.3, -0.25) is 0 Å².